The summed E-state index contributed by atoms with van der Waals surface area (Å²) < 4.78 is 5.58. The second kappa shape index (κ2) is 19.6. The van der Waals surface area contributed by atoms with Crippen LogP contribution in [0.4, 0.5) is 0 Å². The predicted octanol–water partition coefficient (Wildman–Crippen LogP) is 8.92. The Kier molecular flexibility index (Phi) is 17.1. The van der Waals surface area contributed by atoms with Crippen LogP contribution in [0, 0.1) is 0 Å². The third kappa shape index (κ3) is 13.3. The Labute approximate surface area is 197 Å². The Balaban J connectivity index is 2.13. The Hall–Kier alpha value is -2.09. The van der Waals surface area contributed by atoms with Gasteiger partial charge in [-0.3, -0.25) is 0 Å². The van der Waals surface area contributed by atoms with Crippen LogP contribution in [0.5, 0.6) is 0 Å². The number of hydrogen-bond acceptors (Lipinski definition) is 2. The molecule has 0 saturated carbocycles. The highest BCUT2D eigenvalue weighted by atomic mass is 16.5. The molecule has 1 rings (SSSR count). The molecule has 0 radical (unpaired) electrons. The van der Waals surface area contributed by atoms with Gasteiger partial charge in [-0.05, 0) is 17.6 Å². The smallest absolute Gasteiger partial charge is 0.334 e. The summed E-state index contributed by atoms with van der Waals surface area (Å²) in [5, 5.41) is 0. The summed E-state index contributed by atoms with van der Waals surface area (Å²) in [5.74, 6) is -0.252. The van der Waals surface area contributed by atoms with E-state index in [0.717, 1.165) is 24.0 Å². The number of rotatable bonds is 20. The summed E-state index contributed by atoms with van der Waals surface area (Å²) in [7, 11) is 0. The minimum atomic E-state index is -0.252. The van der Waals surface area contributed by atoms with Gasteiger partial charge < -0.3 is 4.74 Å². The maximum atomic E-state index is 12.7. The first-order valence-corrected chi connectivity index (χ1v) is 12.9. The van der Waals surface area contributed by atoms with Crippen molar-refractivity contribution in [3.8, 4) is 0 Å². The van der Waals surface area contributed by atoms with Crippen LogP contribution in [-0.2, 0) is 16.0 Å². The van der Waals surface area contributed by atoms with Gasteiger partial charge in [0.1, 0.15) is 0 Å². The predicted molar refractivity (Wildman–Crippen MR) is 139 cm³/mol. The molecular weight excluding hydrogens is 392 g/mol. The van der Waals surface area contributed by atoms with Crippen LogP contribution in [-0.4, -0.2) is 12.6 Å². The van der Waals surface area contributed by atoms with Gasteiger partial charge in [-0.25, -0.2) is 4.79 Å². The first-order chi connectivity index (χ1) is 15.7. The van der Waals surface area contributed by atoms with E-state index in [9.17, 15) is 4.79 Å². The number of allylic oxidation sites excluding steroid dienone is 3. The van der Waals surface area contributed by atoms with E-state index in [2.05, 4.69) is 20.1 Å². The molecule has 0 aliphatic carbocycles. The van der Waals surface area contributed by atoms with E-state index in [1.165, 1.54) is 77.0 Å². The fourth-order valence-electron chi connectivity index (χ4n) is 3.97. The average Bonchev–Trinajstić information content (AvgIpc) is 2.82. The summed E-state index contributed by atoms with van der Waals surface area (Å²) in [6, 6.07) is 9.97. The molecule has 0 N–H and O–H groups in total. The van der Waals surface area contributed by atoms with Crippen molar-refractivity contribution in [2.45, 2.75) is 103 Å². The molecule has 0 amide bonds. The van der Waals surface area contributed by atoms with E-state index in [4.69, 9.17) is 4.74 Å². The molecule has 0 atom stereocenters. The lowest BCUT2D eigenvalue weighted by atomic mass is 10.00. The average molecular weight is 439 g/mol. The summed E-state index contributed by atoms with van der Waals surface area (Å²) in [4.78, 5) is 12.7. The molecule has 0 aliphatic heterocycles. The molecule has 1 aromatic rings. The Morgan fingerprint density at radius 3 is 1.69 bits per heavy atom. The van der Waals surface area contributed by atoms with Gasteiger partial charge in [0, 0.05) is 12.0 Å². The highest BCUT2D eigenvalue weighted by Gasteiger charge is 2.15. The monoisotopic (exact) mass is 438 g/mol. The largest absolute Gasteiger partial charge is 0.462 e. The third-order valence-corrected chi connectivity index (χ3v) is 5.99. The first kappa shape index (κ1) is 27.9. The minimum absolute atomic E-state index is 0.252. The fourth-order valence-corrected chi connectivity index (χ4v) is 3.97. The molecule has 0 saturated heterocycles. The maximum absolute atomic E-state index is 12.7. The zero-order valence-electron chi connectivity index (χ0n) is 20.6. The van der Waals surface area contributed by atoms with Gasteiger partial charge in [-0.15, -0.1) is 0 Å². The number of carbonyl (C=O) groups excluding carboxylic acids is 1. The van der Waals surface area contributed by atoms with Crippen molar-refractivity contribution >= 4 is 5.97 Å². The standard InChI is InChI=1S/C30H46O2/c1-4-7-8-9-10-11-12-13-14-15-16-17-18-22-25-32-30(31)29(28(5-2)6-3)26-27-23-20-19-21-24-27/h5-6,19-21,23-24H,2-4,7-18,22,25-26H2,1H3. The topological polar surface area (TPSA) is 26.3 Å². The number of unbranched alkanes of at least 4 members (excludes halogenated alkanes) is 13. The Morgan fingerprint density at radius 1 is 0.750 bits per heavy atom. The second-order valence-electron chi connectivity index (χ2n) is 8.74. The molecule has 178 valence electrons. The van der Waals surface area contributed by atoms with Gasteiger partial charge in [-0.1, -0.05) is 146 Å². The molecule has 0 bridgehead atoms. The zero-order chi connectivity index (χ0) is 23.3. The zero-order valence-corrected chi connectivity index (χ0v) is 20.6. The van der Waals surface area contributed by atoms with E-state index in [1.807, 2.05) is 30.3 Å². The molecule has 2 nitrogen and oxygen atoms in total. The highest BCUT2D eigenvalue weighted by molar-refractivity contribution is 5.91. The van der Waals surface area contributed by atoms with Crippen molar-refractivity contribution < 1.29 is 9.53 Å². The lowest BCUT2D eigenvalue weighted by Crippen LogP contribution is -2.13. The van der Waals surface area contributed by atoms with Gasteiger partial charge in [0.05, 0.1) is 6.61 Å². The molecule has 0 unspecified atom stereocenters. The van der Waals surface area contributed by atoms with Crippen molar-refractivity contribution in [1.82, 2.24) is 0 Å². The summed E-state index contributed by atoms with van der Waals surface area (Å²) in [6.45, 7) is 10.4. The van der Waals surface area contributed by atoms with Gasteiger partial charge in [0.25, 0.3) is 0 Å². The Morgan fingerprint density at radius 2 is 1.22 bits per heavy atom. The Bertz CT molecular complexity index is 647. The molecule has 1 aromatic carbocycles. The minimum Gasteiger partial charge on any atom is -0.462 e. The molecule has 0 aromatic heterocycles. The van der Waals surface area contributed by atoms with E-state index >= 15 is 0 Å². The molecule has 0 spiro atoms. The number of esters is 1. The summed E-state index contributed by atoms with van der Waals surface area (Å²) in [5.41, 5.74) is 2.46. The fraction of sp³-hybridized carbons (Fsp3) is 0.567. The normalized spacial score (nSPS) is 10.5. The van der Waals surface area contributed by atoms with Crippen molar-refractivity contribution in [1.29, 1.82) is 0 Å². The molecule has 2 heteroatoms. The molecule has 0 heterocycles. The van der Waals surface area contributed by atoms with Gasteiger partial charge >= 0.3 is 5.97 Å². The van der Waals surface area contributed by atoms with Crippen molar-refractivity contribution in [3.63, 3.8) is 0 Å². The molecule has 32 heavy (non-hydrogen) atoms. The number of hydrogen-bond donors (Lipinski definition) is 0. The number of carbonyl (C=O) groups is 1. The lowest BCUT2D eigenvalue weighted by molar-refractivity contribution is -0.139. The number of benzene rings is 1. The van der Waals surface area contributed by atoms with Gasteiger partial charge in [0.2, 0.25) is 0 Å². The van der Waals surface area contributed by atoms with Crippen LogP contribution in [0.25, 0.3) is 0 Å². The lowest BCUT2D eigenvalue weighted by Gasteiger charge is -2.11. The second-order valence-corrected chi connectivity index (χ2v) is 8.74. The van der Waals surface area contributed by atoms with Gasteiger partial charge in [-0.2, -0.15) is 0 Å². The van der Waals surface area contributed by atoms with Crippen LogP contribution >= 0.6 is 0 Å². The molecular formula is C30H46O2. The van der Waals surface area contributed by atoms with E-state index in [0.29, 0.717) is 18.6 Å². The van der Waals surface area contributed by atoms with Crippen LogP contribution in [0.1, 0.15) is 102 Å². The maximum Gasteiger partial charge on any atom is 0.334 e. The van der Waals surface area contributed by atoms with Crippen LogP contribution in [0.2, 0.25) is 0 Å². The van der Waals surface area contributed by atoms with E-state index in [-0.39, 0.29) is 5.97 Å². The highest BCUT2D eigenvalue weighted by Crippen LogP contribution is 2.17. The van der Waals surface area contributed by atoms with Crippen LogP contribution in [0.3, 0.4) is 0 Å². The van der Waals surface area contributed by atoms with Crippen LogP contribution in [0.15, 0.2) is 66.8 Å². The SMILES string of the molecule is C=CC(C=C)=C(Cc1ccccc1)C(=O)OCCCCCCCCCCCCCCCC. The number of ether oxygens (including phenoxy) is 1. The first-order valence-electron chi connectivity index (χ1n) is 12.9. The molecule has 0 fully saturated rings. The van der Waals surface area contributed by atoms with Gasteiger partial charge in [0.15, 0.2) is 0 Å². The van der Waals surface area contributed by atoms with E-state index < -0.39 is 0 Å². The van der Waals surface area contributed by atoms with E-state index in [1.54, 1.807) is 12.2 Å². The summed E-state index contributed by atoms with van der Waals surface area (Å²) >= 11 is 0. The molecule has 0 aliphatic rings. The van der Waals surface area contributed by atoms with Crippen LogP contribution < -0.4 is 0 Å². The van der Waals surface area contributed by atoms with Crippen molar-refractivity contribution in [2.75, 3.05) is 6.61 Å². The third-order valence-electron chi connectivity index (χ3n) is 5.99. The summed E-state index contributed by atoms with van der Waals surface area (Å²) in [6.07, 6.45) is 22.4. The quantitative estimate of drug-likeness (QED) is 0.0879. The van der Waals surface area contributed by atoms with Crippen molar-refractivity contribution in [3.05, 3.63) is 72.4 Å². The van der Waals surface area contributed by atoms with Crippen molar-refractivity contribution in [2.24, 2.45) is 0 Å².